The smallest absolute Gasteiger partial charge is 0.157 e. The fourth-order valence-corrected chi connectivity index (χ4v) is 8.28. The standard InChI is InChI=1S/C50H39N5/c1-49(2)45-32-37(22-26-43(45)44-27-25-42(33-46(44)49)55(47-34-51-28-30-53-47)48-35-52-29-31-54-48)19-18-36-20-23-41(24-21-36)50(38-12-6-3-7-13-38,39-14-8-4-9-15-39)40-16-10-5-11-17-40/h3-35H,1-2H3/b19-18+. The highest BCUT2D eigenvalue weighted by molar-refractivity contribution is 5.86. The number of fused-ring (bicyclic) bond motifs is 3. The average molecular weight is 710 g/mol. The molecule has 0 aliphatic heterocycles. The molecule has 5 heteroatoms. The number of nitrogens with zero attached hydrogens (tertiary/aromatic N) is 5. The van der Waals surface area contributed by atoms with Crippen molar-refractivity contribution >= 4 is 29.5 Å². The third-order valence-corrected chi connectivity index (χ3v) is 10.9. The molecule has 0 bridgehead atoms. The Kier molecular flexibility index (Phi) is 8.68. The quantitative estimate of drug-likeness (QED) is 0.110. The summed E-state index contributed by atoms with van der Waals surface area (Å²) in [5.41, 5.74) is 12.6. The Labute approximate surface area is 322 Å². The highest BCUT2D eigenvalue weighted by Crippen LogP contribution is 2.51. The second-order valence-electron chi connectivity index (χ2n) is 14.4. The first kappa shape index (κ1) is 33.8. The zero-order valence-electron chi connectivity index (χ0n) is 30.8. The summed E-state index contributed by atoms with van der Waals surface area (Å²) in [4.78, 5) is 19.9. The molecule has 9 rings (SSSR count). The molecule has 0 fully saturated rings. The Morgan fingerprint density at radius 2 is 0.927 bits per heavy atom. The van der Waals surface area contributed by atoms with Gasteiger partial charge in [-0.25, -0.2) is 9.97 Å². The van der Waals surface area contributed by atoms with Crippen LogP contribution in [0.1, 0.15) is 58.4 Å². The minimum atomic E-state index is -0.466. The summed E-state index contributed by atoms with van der Waals surface area (Å²) in [6.07, 6.45) is 14.7. The molecule has 1 aliphatic carbocycles. The van der Waals surface area contributed by atoms with Crippen LogP contribution in [0.2, 0.25) is 0 Å². The Bertz CT molecular complexity index is 2450. The van der Waals surface area contributed by atoms with Crippen LogP contribution < -0.4 is 4.90 Å². The van der Waals surface area contributed by atoms with E-state index in [-0.39, 0.29) is 5.41 Å². The van der Waals surface area contributed by atoms with Gasteiger partial charge >= 0.3 is 0 Å². The van der Waals surface area contributed by atoms with E-state index in [0.717, 1.165) is 16.8 Å². The van der Waals surface area contributed by atoms with Gasteiger partial charge in [0.25, 0.3) is 0 Å². The SMILES string of the molecule is CC1(C)c2cc(/C=C/c3ccc(C(c4ccccc4)(c4ccccc4)c4ccccc4)cc3)ccc2-c2ccc(N(c3cnccn3)c3cnccn3)cc21. The fraction of sp³-hybridized carbons (Fsp3) is 0.0800. The maximum absolute atomic E-state index is 4.60. The van der Waals surface area contributed by atoms with E-state index in [1.807, 2.05) is 4.90 Å². The van der Waals surface area contributed by atoms with Crippen LogP contribution in [0.5, 0.6) is 0 Å². The summed E-state index contributed by atoms with van der Waals surface area (Å²) in [7, 11) is 0. The van der Waals surface area contributed by atoms with Crippen molar-refractivity contribution in [2.45, 2.75) is 24.7 Å². The zero-order valence-corrected chi connectivity index (χ0v) is 30.8. The first-order chi connectivity index (χ1) is 27.0. The lowest BCUT2D eigenvalue weighted by Crippen LogP contribution is -2.30. The van der Waals surface area contributed by atoms with Crippen molar-refractivity contribution in [3.8, 4) is 11.1 Å². The molecule has 0 N–H and O–H groups in total. The fourth-order valence-electron chi connectivity index (χ4n) is 8.28. The number of hydrogen-bond donors (Lipinski definition) is 0. The molecule has 5 nitrogen and oxygen atoms in total. The van der Waals surface area contributed by atoms with Crippen LogP contribution in [-0.2, 0) is 10.8 Å². The van der Waals surface area contributed by atoms with Crippen molar-refractivity contribution in [3.05, 3.63) is 233 Å². The first-order valence-electron chi connectivity index (χ1n) is 18.6. The largest absolute Gasteiger partial charge is 0.276 e. The third-order valence-electron chi connectivity index (χ3n) is 10.9. The van der Waals surface area contributed by atoms with Crippen LogP contribution in [0.25, 0.3) is 23.3 Å². The van der Waals surface area contributed by atoms with Crippen molar-refractivity contribution in [2.24, 2.45) is 0 Å². The molecule has 0 amide bonds. The van der Waals surface area contributed by atoms with E-state index in [1.54, 1.807) is 37.2 Å². The molecule has 0 saturated heterocycles. The van der Waals surface area contributed by atoms with Gasteiger partial charge in [0.2, 0.25) is 0 Å². The van der Waals surface area contributed by atoms with Gasteiger partial charge in [-0.05, 0) is 67.8 Å². The van der Waals surface area contributed by atoms with Gasteiger partial charge in [-0.2, -0.15) is 0 Å². The van der Waals surface area contributed by atoms with Gasteiger partial charge in [0.1, 0.15) is 0 Å². The van der Waals surface area contributed by atoms with E-state index >= 15 is 0 Å². The molecule has 0 saturated carbocycles. The van der Waals surface area contributed by atoms with E-state index in [4.69, 9.17) is 0 Å². The molecule has 6 aromatic carbocycles. The summed E-state index contributed by atoms with van der Waals surface area (Å²) in [6.45, 7) is 4.61. The number of rotatable bonds is 9. The monoisotopic (exact) mass is 709 g/mol. The minimum absolute atomic E-state index is 0.224. The summed E-state index contributed by atoms with van der Waals surface area (Å²) >= 11 is 0. The van der Waals surface area contributed by atoms with Gasteiger partial charge in [-0.1, -0.05) is 166 Å². The van der Waals surface area contributed by atoms with Crippen LogP contribution in [0.3, 0.4) is 0 Å². The lowest BCUT2D eigenvalue weighted by atomic mass is 9.65. The van der Waals surface area contributed by atoms with Crippen molar-refractivity contribution in [1.82, 2.24) is 19.9 Å². The highest BCUT2D eigenvalue weighted by atomic mass is 15.2. The Balaban J connectivity index is 1.04. The molecule has 1 aliphatic rings. The summed E-state index contributed by atoms with van der Waals surface area (Å²) in [6, 6.07) is 55.0. The lowest BCUT2D eigenvalue weighted by Gasteiger charge is -2.37. The highest BCUT2D eigenvalue weighted by Gasteiger charge is 2.38. The molecule has 0 spiro atoms. The van der Waals surface area contributed by atoms with Crippen LogP contribution in [0.15, 0.2) is 189 Å². The van der Waals surface area contributed by atoms with E-state index in [1.165, 1.54) is 44.5 Å². The first-order valence-corrected chi connectivity index (χ1v) is 18.6. The van der Waals surface area contributed by atoms with Crippen molar-refractivity contribution < 1.29 is 0 Å². The Morgan fingerprint density at radius 3 is 1.44 bits per heavy atom. The Morgan fingerprint density at radius 1 is 0.473 bits per heavy atom. The van der Waals surface area contributed by atoms with E-state index in [2.05, 4.69) is 198 Å². The number of anilines is 3. The third kappa shape index (κ3) is 6.00. The number of benzene rings is 6. The van der Waals surface area contributed by atoms with Gasteiger partial charge in [0, 0.05) is 35.9 Å². The topological polar surface area (TPSA) is 54.8 Å². The van der Waals surface area contributed by atoms with Crippen LogP contribution in [-0.4, -0.2) is 19.9 Å². The van der Waals surface area contributed by atoms with Gasteiger partial charge in [0.05, 0.1) is 17.8 Å². The maximum atomic E-state index is 4.60. The molecule has 55 heavy (non-hydrogen) atoms. The summed E-state index contributed by atoms with van der Waals surface area (Å²) in [5, 5.41) is 0. The van der Waals surface area contributed by atoms with E-state index in [0.29, 0.717) is 11.6 Å². The van der Waals surface area contributed by atoms with E-state index in [9.17, 15) is 0 Å². The lowest BCUT2D eigenvalue weighted by molar-refractivity contribution is 0.660. The second-order valence-corrected chi connectivity index (χ2v) is 14.4. The zero-order chi connectivity index (χ0) is 37.2. The number of hydrogen-bond acceptors (Lipinski definition) is 5. The van der Waals surface area contributed by atoms with Gasteiger partial charge in [-0.3, -0.25) is 14.9 Å². The van der Waals surface area contributed by atoms with Crippen LogP contribution in [0.4, 0.5) is 17.3 Å². The average Bonchev–Trinajstić information content (AvgIpc) is 3.47. The van der Waals surface area contributed by atoms with E-state index < -0.39 is 5.41 Å². The molecular weight excluding hydrogens is 671 g/mol. The predicted octanol–water partition coefficient (Wildman–Crippen LogP) is 11.6. The molecule has 0 unspecified atom stereocenters. The normalized spacial score (nSPS) is 13.0. The molecule has 264 valence electrons. The molecule has 8 aromatic rings. The summed E-state index contributed by atoms with van der Waals surface area (Å²) in [5.74, 6) is 1.37. The maximum Gasteiger partial charge on any atom is 0.157 e. The molecule has 0 radical (unpaired) electrons. The van der Waals surface area contributed by atoms with Gasteiger partial charge in [0.15, 0.2) is 11.6 Å². The van der Waals surface area contributed by atoms with Crippen molar-refractivity contribution in [3.63, 3.8) is 0 Å². The van der Waals surface area contributed by atoms with Crippen LogP contribution >= 0.6 is 0 Å². The molecular formula is C50H39N5. The second kappa shape index (κ2) is 14.1. The molecule has 2 heterocycles. The Hall–Kier alpha value is -6.98. The predicted molar refractivity (Wildman–Crippen MR) is 224 cm³/mol. The molecule has 2 aromatic heterocycles. The van der Waals surface area contributed by atoms with Crippen molar-refractivity contribution in [2.75, 3.05) is 4.90 Å². The molecule has 0 atom stereocenters. The minimum Gasteiger partial charge on any atom is -0.276 e. The van der Waals surface area contributed by atoms with Crippen LogP contribution in [0, 0.1) is 0 Å². The number of aromatic nitrogens is 4. The van der Waals surface area contributed by atoms with Gasteiger partial charge in [-0.15, -0.1) is 0 Å². The summed E-state index contributed by atoms with van der Waals surface area (Å²) < 4.78 is 0. The van der Waals surface area contributed by atoms with Gasteiger partial charge < -0.3 is 0 Å². The van der Waals surface area contributed by atoms with Crippen molar-refractivity contribution in [1.29, 1.82) is 0 Å².